The third kappa shape index (κ3) is 6.35. The zero-order valence-corrected chi connectivity index (χ0v) is 15.7. The maximum Gasteiger partial charge on any atom is 0.317 e. The summed E-state index contributed by atoms with van der Waals surface area (Å²) in [5, 5.41) is 8.55. The molecule has 0 aromatic heterocycles. The van der Waals surface area contributed by atoms with Crippen LogP contribution in [0.25, 0.3) is 0 Å². The summed E-state index contributed by atoms with van der Waals surface area (Å²) in [6, 6.07) is -0.264. The number of likely N-dealkylation sites (tertiary alicyclic amines) is 1. The van der Waals surface area contributed by atoms with E-state index >= 15 is 0 Å². The highest BCUT2D eigenvalue weighted by molar-refractivity contribution is 7.88. The van der Waals surface area contributed by atoms with Crippen LogP contribution in [0, 0.1) is 5.92 Å². The van der Waals surface area contributed by atoms with Crippen molar-refractivity contribution < 1.29 is 18.0 Å². The first-order chi connectivity index (χ1) is 11.8. The van der Waals surface area contributed by atoms with E-state index in [-0.39, 0.29) is 30.1 Å². The number of nitrogens with one attached hydrogen (secondary N) is 4. The quantitative estimate of drug-likeness (QED) is 0.532. The number of hydrogen-bond donors (Lipinski definition) is 4. The SMILES string of the molecule is CNC(=O)N1CCC(NC(=O)NC2CCCC2CNS(C)(=O)=O)CC1. The molecule has 1 saturated heterocycles. The molecule has 2 aliphatic rings. The van der Waals surface area contributed by atoms with E-state index in [4.69, 9.17) is 0 Å². The fourth-order valence-corrected chi connectivity index (χ4v) is 4.03. The van der Waals surface area contributed by atoms with E-state index in [2.05, 4.69) is 20.7 Å². The summed E-state index contributed by atoms with van der Waals surface area (Å²) >= 11 is 0. The second-order valence-electron chi connectivity index (χ2n) is 6.85. The largest absolute Gasteiger partial charge is 0.341 e. The van der Waals surface area contributed by atoms with E-state index in [1.54, 1.807) is 11.9 Å². The highest BCUT2D eigenvalue weighted by Gasteiger charge is 2.30. The van der Waals surface area contributed by atoms with Crippen LogP contribution in [0.1, 0.15) is 32.1 Å². The Kier molecular flexibility index (Phi) is 6.88. The lowest BCUT2D eigenvalue weighted by molar-refractivity contribution is 0.177. The summed E-state index contributed by atoms with van der Waals surface area (Å²) in [4.78, 5) is 25.5. The van der Waals surface area contributed by atoms with Gasteiger partial charge in [-0.1, -0.05) is 6.42 Å². The van der Waals surface area contributed by atoms with Crippen molar-refractivity contribution in [2.24, 2.45) is 5.92 Å². The van der Waals surface area contributed by atoms with Crippen LogP contribution in [0.4, 0.5) is 9.59 Å². The zero-order chi connectivity index (χ0) is 18.4. The molecule has 2 fully saturated rings. The van der Waals surface area contributed by atoms with Crippen molar-refractivity contribution in [2.75, 3.05) is 32.9 Å². The van der Waals surface area contributed by atoms with Crippen molar-refractivity contribution in [3.8, 4) is 0 Å². The van der Waals surface area contributed by atoms with Gasteiger partial charge in [0, 0.05) is 38.8 Å². The second-order valence-corrected chi connectivity index (χ2v) is 8.69. The van der Waals surface area contributed by atoms with E-state index in [9.17, 15) is 18.0 Å². The fourth-order valence-electron chi connectivity index (χ4n) is 3.51. The average Bonchev–Trinajstić information content (AvgIpc) is 2.99. The van der Waals surface area contributed by atoms with Gasteiger partial charge in [-0.05, 0) is 31.6 Å². The van der Waals surface area contributed by atoms with E-state index < -0.39 is 10.0 Å². The molecule has 0 aromatic rings. The number of hydrogen-bond acceptors (Lipinski definition) is 4. The fraction of sp³-hybridized carbons (Fsp3) is 0.867. The maximum atomic E-state index is 12.2. The van der Waals surface area contributed by atoms with Gasteiger partial charge in [0.1, 0.15) is 0 Å². The Labute approximate surface area is 149 Å². The van der Waals surface area contributed by atoms with Crippen LogP contribution in [-0.4, -0.2) is 70.4 Å². The first-order valence-electron chi connectivity index (χ1n) is 8.77. The molecule has 4 amide bonds. The number of nitrogens with zero attached hydrogens (tertiary/aromatic N) is 1. The molecule has 2 atom stereocenters. The van der Waals surface area contributed by atoms with Crippen LogP contribution < -0.4 is 20.7 Å². The number of piperidine rings is 1. The number of sulfonamides is 1. The van der Waals surface area contributed by atoms with E-state index in [1.165, 1.54) is 0 Å². The Morgan fingerprint density at radius 1 is 1.08 bits per heavy atom. The third-order valence-corrected chi connectivity index (χ3v) is 5.61. The van der Waals surface area contributed by atoms with E-state index in [0.717, 1.165) is 38.4 Å². The zero-order valence-electron chi connectivity index (χ0n) is 14.9. The lowest BCUT2D eigenvalue weighted by atomic mass is 10.0. The van der Waals surface area contributed by atoms with Crippen molar-refractivity contribution in [3.05, 3.63) is 0 Å². The molecule has 9 nitrogen and oxygen atoms in total. The molecule has 4 N–H and O–H groups in total. The standard InChI is InChI=1S/C15H29N5O4S/c1-16-15(22)20-8-6-12(7-9-20)18-14(21)19-13-5-3-4-11(13)10-17-25(2,23)24/h11-13,17H,3-10H2,1-2H3,(H,16,22)(H2,18,19,21). The van der Waals surface area contributed by atoms with Gasteiger partial charge in [-0.3, -0.25) is 0 Å². The Morgan fingerprint density at radius 3 is 2.36 bits per heavy atom. The molecule has 2 unspecified atom stereocenters. The molecule has 1 saturated carbocycles. The molecule has 2 rings (SSSR count). The Morgan fingerprint density at radius 2 is 1.76 bits per heavy atom. The van der Waals surface area contributed by atoms with Crippen LogP contribution in [-0.2, 0) is 10.0 Å². The number of amides is 4. The summed E-state index contributed by atoms with van der Waals surface area (Å²) in [6.07, 6.45) is 5.33. The maximum absolute atomic E-state index is 12.2. The molecular weight excluding hydrogens is 346 g/mol. The number of carbonyl (C=O) groups excluding carboxylic acids is 2. The summed E-state index contributed by atoms with van der Waals surface area (Å²) in [6.45, 7) is 1.60. The van der Waals surface area contributed by atoms with Crippen LogP contribution in [0.3, 0.4) is 0 Å². The second kappa shape index (κ2) is 8.70. The highest BCUT2D eigenvalue weighted by Crippen LogP contribution is 2.25. The molecule has 0 aromatic carbocycles. The predicted molar refractivity (Wildman–Crippen MR) is 94.7 cm³/mol. The minimum absolute atomic E-state index is 0.0137. The summed E-state index contributed by atoms with van der Waals surface area (Å²) in [5.41, 5.74) is 0. The summed E-state index contributed by atoms with van der Waals surface area (Å²) in [7, 11) is -1.61. The van der Waals surface area contributed by atoms with Crippen molar-refractivity contribution in [3.63, 3.8) is 0 Å². The van der Waals surface area contributed by atoms with E-state index in [0.29, 0.717) is 19.6 Å². The van der Waals surface area contributed by atoms with E-state index in [1.807, 2.05) is 0 Å². The van der Waals surface area contributed by atoms with Gasteiger partial charge in [-0.15, -0.1) is 0 Å². The van der Waals surface area contributed by atoms with Crippen LogP contribution in [0.2, 0.25) is 0 Å². The molecule has 1 heterocycles. The van der Waals surface area contributed by atoms with Gasteiger partial charge in [0.15, 0.2) is 0 Å². The lowest BCUT2D eigenvalue weighted by Crippen LogP contribution is -2.52. The van der Waals surface area contributed by atoms with Crippen molar-refractivity contribution in [2.45, 2.75) is 44.2 Å². The molecule has 0 spiro atoms. The van der Waals surface area contributed by atoms with Crippen LogP contribution in [0.15, 0.2) is 0 Å². The minimum atomic E-state index is -3.22. The molecule has 0 radical (unpaired) electrons. The van der Waals surface area contributed by atoms with Crippen LogP contribution in [0.5, 0.6) is 0 Å². The normalized spacial score (nSPS) is 24.8. The first-order valence-corrected chi connectivity index (χ1v) is 10.7. The van der Waals surface area contributed by atoms with Gasteiger partial charge in [-0.2, -0.15) is 0 Å². The Balaban J connectivity index is 1.73. The molecular formula is C15H29N5O4S. The number of urea groups is 2. The number of carbonyl (C=O) groups is 2. The molecule has 1 aliphatic heterocycles. The van der Waals surface area contributed by atoms with Crippen LogP contribution >= 0.6 is 0 Å². The highest BCUT2D eigenvalue weighted by atomic mass is 32.2. The van der Waals surface area contributed by atoms with Gasteiger partial charge in [-0.25, -0.2) is 22.7 Å². The lowest BCUT2D eigenvalue weighted by Gasteiger charge is -2.32. The molecule has 25 heavy (non-hydrogen) atoms. The van der Waals surface area contributed by atoms with Gasteiger partial charge >= 0.3 is 12.1 Å². The minimum Gasteiger partial charge on any atom is -0.341 e. The smallest absolute Gasteiger partial charge is 0.317 e. The van der Waals surface area contributed by atoms with Gasteiger partial charge in [0.25, 0.3) is 0 Å². The average molecular weight is 375 g/mol. The van der Waals surface area contributed by atoms with Gasteiger partial charge < -0.3 is 20.9 Å². The Bertz CT molecular complexity index is 574. The predicted octanol–water partition coefficient (Wildman–Crippen LogP) is -0.193. The topological polar surface area (TPSA) is 120 Å². The molecule has 144 valence electrons. The van der Waals surface area contributed by atoms with Crippen molar-refractivity contribution in [1.29, 1.82) is 0 Å². The number of rotatable bonds is 5. The monoisotopic (exact) mass is 375 g/mol. The summed E-state index contributed by atoms with van der Waals surface area (Å²) in [5.74, 6) is 0.121. The third-order valence-electron chi connectivity index (χ3n) is 4.91. The van der Waals surface area contributed by atoms with Gasteiger partial charge in [0.05, 0.1) is 6.26 Å². The van der Waals surface area contributed by atoms with Gasteiger partial charge in [0.2, 0.25) is 10.0 Å². The first kappa shape index (κ1) is 19.8. The van der Waals surface area contributed by atoms with Crippen molar-refractivity contribution in [1.82, 2.24) is 25.6 Å². The Hall–Kier alpha value is -1.55. The molecule has 1 aliphatic carbocycles. The summed E-state index contributed by atoms with van der Waals surface area (Å²) < 4.78 is 25.0. The molecule has 0 bridgehead atoms. The molecule has 10 heteroatoms. The van der Waals surface area contributed by atoms with Crippen molar-refractivity contribution >= 4 is 22.1 Å².